The number of rotatable bonds is 1. The predicted molar refractivity (Wildman–Crippen MR) is 108 cm³/mol. The molecule has 27 heavy (non-hydrogen) atoms. The zero-order valence-electron chi connectivity index (χ0n) is 16.7. The lowest BCUT2D eigenvalue weighted by molar-refractivity contribution is -0.124. The number of carbonyl (C=O) groups is 1. The number of aromatic nitrogens is 1. The monoisotopic (exact) mass is 364 g/mol. The molecule has 3 aliphatic carbocycles. The first kappa shape index (κ1) is 17.5. The van der Waals surface area contributed by atoms with E-state index >= 15 is 0 Å². The van der Waals surface area contributed by atoms with Crippen LogP contribution in [0.4, 0.5) is 0 Å². The van der Waals surface area contributed by atoms with Gasteiger partial charge in [-0.3, -0.25) is 9.78 Å². The number of hydrogen-bond acceptors (Lipinski definition) is 2. The summed E-state index contributed by atoms with van der Waals surface area (Å²) in [6.07, 6.45) is 14.7. The lowest BCUT2D eigenvalue weighted by Gasteiger charge is -2.58. The van der Waals surface area contributed by atoms with E-state index in [1.54, 1.807) is 5.57 Å². The zero-order chi connectivity index (χ0) is 18.6. The van der Waals surface area contributed by atoms with Crippen molar-refractivity contribution in [1.29, 1.82) is 0 Å². The van der Waals surface area contributed by atoms with E-state index in [-0.39, 0.29) is 5.91 Å². The minimum atomic E-state index is 0.282. The lowest BCUT2D eigenvalue weighted by atomic mass is 9.46. The third-order valence-corrected chi connectivity index (χ3v) is 9.04. The zero-order valence-corrected chi connectivity index (χ0v) is 16.7. The van der Waals surface area contributed by atoms with Crippen LogP contribution in [0.5, 0.6) is 0 Å². The normalized spacial score (nSPS) is 43.6. The molecule has 3 fully saturated rings. The highest BCUT2D eigenvalue weighted by atomic mass is 16.1. The highest BCUT2D eigenvalue weighted by Crippen LogP contribution is 2.66. The van der Waals surface area contributed by atoms with Gasteiger partial charge in [0.1, 0.15) is 0 Å². The number of nitrogens with zero attached hydrogens (tertiary/aromatic N) is 1. The second-order valence-electron chi connectivity index (χ2n) is 10.0. The number of pyridine rings is 1. The molecule has 1 saturated heterocycles. The number of nitrogens with one attached hydrogen (secondary N) is 1. The maximum Gasteiger partial charge on any atom is 0.220 e. The molecule has 0 aromatic carbocycles. The maximum atomic E-state index is 12.1. The smallest absolute Gasteiger partial charge is 0.220 e. The molecule has 1 aromatic rings. The molecule has 3 nitrogen and oxygen atoms in total. The fourth-order valence-corrected chi connectivity index (χ4v) is 7.56. The van der Waals surface area contributed by atoms with Gasteiger partial charge in [-0.2, -0.15) is 0 Å². The van der Waals surface area contributed by atoms with Gasteiger partial charge in [-0.1, -0.05) is 26.0 Å². The Kier molecular flexibility index (Phi) is 4.00. The number of allylic oxidation sites excluding steroid dienone is 2. The van der Waals surface area contributed by atoms with Crippen molar-refractivity contribution >= 4 is 11.5 Å². The van der Waals surface area contributed by atoms with Gasteiger partial charge in [-0.15, -0.1) is 0 Å². The molecule has 4 aliphatic rings. The van der Waals surface area contributed by atoms with E-state index in [4.69, 9.17) is 0 Å². The molecule has 1 N–H and O–H groups in total. The first-order chi connectivity index (χ1) is 13.0. The van der Waals surface area contributed by atoms with Crippen LogP contribution in [0.1, 0.15) is 64.4 Å². The van der Waals surface area contributed by atoms with Crippen LogP contribution in [-0.4, -0.2) is 17.4 Å². The molecule has 6 atom stereocenters. The van der Waals surface area contributed by atoms with E-state index in [0.717, 1.165) is 37.1 Å². The van der Waals surface area contributed by atoms with Crippen LogP contribution >= 0.6 is 0 Å². The second-order valence-corrected chi connectivity index (χ2v) is 10.0. The van der Waals surface area contributed by atoms with Crippen molar-refractivity contribution < 1.29 is 4.79 Å². The van der Waals surface area contributed by atoms with Gasteiger partial charge >= 0.3 is 0 Å². The molecule has 0 unspecified atom stereocenters. The Morgan fingerprint density at radius 3 is 2.85 bits per heavy atom. The van der Waals surface area contributed by atoms with E-state index < -0.39 is 0 Å². The van der Waals surface area contributed by atoms with E-state index in [0.29, 0.717) is 16.7 Å². The van der Waals surface area contributed by atoms with Gasteiger partial charge in [-0.05, 0) is 90.2 Å². The first-order valence-corrected chi connectivity index (χ1v) is 10.9. The molecule has 1 aliphatic heterocycles. The van der Waals surface area contributed by atoms with Crippen LogP contribution in [-0.2, 0) is 4.79 Å². The van der Waals surface area contributed by atoms with Crippen LogP contribution in [0.2, 0.25) is 0 Å². The number of carbonyl (C=O) groups excluding carboxylic acids is 1. The Labute approximate surface area is 163 Å². The van der Waals surface area contributed by atoms with E-state index in [1.807, 2.05) is 12.4 Å². The minimum absolute atomic E-state index is 0.282. The molecule has 5 rings (SSSR count). The van der Waals surface area contributed by atoms with Crippen molar-refractivity contribution in [2.75, 3.05) is 6.54 Å². The Morgan fingerprint density at radius 2 is 2.04 bits per heavy atom. The van der Waals surface area contributed by atoms with Crippen molar-refractivity contribution in [2.24, 2.45) is 34.5 Å². The summed E-state index contributed by atoms with van der Waals surface area (Å²) in [6.45, 7) is 5.91. The van der Waals surface area contributed by atoms with Crippen molar-refractivity contribution in [1.82, 2.24) is 10.3 Å². The molecule has 0 radical (unpaired) electrons. The van der Waals surface area contributed by atoms with Gasteiger partial charge in [0.2, 0.25) is 5.91 Å². The molecule has 0 bridgehead atoms. The topological polar surface area (TPSA) is 42.0 Å². The molecule has 2 saturated carbocycles. The molecule has 0 spiro atoms. The molecule has 1 amide bonds. The van der Waals surface area contributed by atoms with Gasteiger partial charge in [0.15, 0.2) is 0 Å². The van der Waals surface area contributed by atoms with Gasteiger partial charge in [0.25, 0.3) is 0 Å². The Bertz CT molecular complexity index is 772. The maximum absolute atomic E-state index is 12.1. The van der Waals surface area contributed by atoms with Crippen molar-refractivity contribution in [2.45, 2.75) is 58.8 Å². The largest absolute Gasteiger partial charge is 0.356 e. The second kappa shape index (κ2) is 6.18. The molecule has 3 heteroatoms. The SMILES string of the molecule is C[C@]12CCNC(=O)C[C@@H]1CC[C@@H]1[C@@H]2CC[C@]2(C)C(c3cccnc3)=CC[C@@H]12. The van der Waals surface area contributed by atoms with Gasteiger partial charge in [0.05, 0.1) is 0 Å². The van der Waals surface area contributed by atoms with Crippen LogP contribution < -0.4 is 5.32 Å². The molecular weight excluding hydrogens is 332 g/mol. The van der Waals surface area contributed by atoms with Gasteiger partial charge < -0.3 is 5.32 Å². The predicted octanol–water partition coefficient (Wildman–Crippen LogP) is 4.84. The van der Waals surface area contributed by atoms with E-state index in [1.165, 1.54) is 37.7 Å². The Morgan fingerprint density at radius 1 is 1.15 bits per heavy atom. The quantitative estimate of drug-likeness (QED) is 0.774. The van der Waals surface area contributed by atoms with Crippen LogP contribution in [0.15, 0.2) is 30.6 Å². The Hall–Kier alpha value is -1.64. The molecule has 1 aromatic heterocycles. The summed E-state index contributed by atoms with van der Waals surface area (Å²) in [5.41, 5.74) is 3.50. The minimum Gasteiger partial charge on any atom is -0.356 e. The van der Waals surface area contributed by atoms with Crippen LogP contribution in [0.3, 0.4) is 0 Å². The van der Waals surface area contributed by atoms with Crippen LogP contribution in [0.25, 0.3) is 5.57 Å². The van der Waals surface area contributed by atoms with E-state index in [2.05, 4.69) is 42.4 Å². The van der Waals surface area contributed by atoms with Gasteiger partial charge in [-0.25, -0.2) is 0 Å². The highest BCUT2D eigenvalue weighted by molar-refractivity contribution is 5.76. The Balaban J connectivity index is 1.45. The summed E-state index contributed by atoms with van der Waals surface area (Å²) in [6, 6.07) is 4.31. The fourth-order valence-electron chi connectivity index (χ4n) is 7.56. The van der Waals surface area contributed by atoms with Crippen molar-refractivity contribution in [3.05, 3.63) is 36.2 Å². The highest BCUT2D eigenvalue weighted by Gasteiger charge is 2.58. The number of hydrogen-bond donors (Lipinski definition) is 1. The summed E-state index contributed by atoms with van der Waals surface area (Å²) < 4.78 is 0. The third-order valence-electron chi connectivity index (χ3n) is 9.04. The van der Waals surface area contributed by atoms with Crippen LogP contribution in [0, 0.1) is 34.5 Å². The van der Waals surface area contributed by atoms with E-state index in [9.17, 15) is 4.79 Å². The summed E-state index contributed by atoms with van der Waals surface area (Å²) in [5, 5.41) is 3.15. The lowest BCUT2D eigenvalue weighted by Crippen LogP contribution is -2.51. The summed E-state index contributed by atoms with van der Waals surface area (Å²) in [5.74, 6) is 3.21. The average Bonchev–Trinajstić information content (AvgIpc) is 2.93. The summed E-state index contributed by atoms with van der Waals surface area (Å²) >= 11 is 0. The average molecular weight is 365 g/mol. The first-order valence-electron chi connectivity index (χ1n) is 10.9. The summed E-state index contributed by atoms with van der Waals surface area (Å²) in [7, 11) is 0. The molecule has 144 valence electrons. The van der Waals surface area contributed by atoms with Crippen molar-refractivity contribution in [3.63, 3.8) is 0 Å². The van der Waals surface area contributed by atoms with Gasteiger partial charge in [0, 0.05) is 25.4 Å². The third kappa shape index (κ3) is 2.53. The standard InChI is InChI=1S/C24H32N2O/c1-23-11-13-26-22(27)14-17(23)5-6-18-20-8-7-19(16-4-3-12-25-15-16)24(20,2)10-9-21(18)23/h3-4,7,12,15,17-18,20-21H,5-6,8-11,13-14H2,1-2H3,(H,26,27)/t17-,18-,20-,21-,23-,24+/m0/s1. The number of fused-ring (bicyclic) bond motifs is 5. The number of amides is 1. The molecule has 2 heterocycles. The summed E-state index contributed by atoms with van der Waals surface area (Å²) in [4.78, 5) is 16.5. The van der Waals surface area contributed by atoms with Crippen molar-refractivity contribution in [3.8, 4) is 0 Å². The molecular formula is C24H32N2O. The fraction of sp³-hybridized carbons (Fsp3) is 0.667.